The van der Waals surface area contributed by atoms with Gasteiger partial charge in [-0.3, -0.25) is 0 Å². The molecule has 0 unspecified atom stereocenters. The molecule has 0 amide bonds. The Bertz CT molecular complexity index is 2520. The molecule has 0 aromatic heterocycles. The molecule has 0 N–H and O–H groups in total. The van der Waals surface area contributed by atoms with Crippen LogP contribution in [0.5, 0.6) is 0 Å². The van der Waals surface area contributed by atoms with E-state index in [2.05, 4.69) is 182 Å². The van der Waals surface area contributed by atoms with E-state index in [0.717, 1.165) is 0 Å². The first-order chi connectivity index (χ1) is 22.8. The lowest BCUT2D eigenvalue weighted by Crippen LogP contribution is -1.95. The van der Waals surface area contributed by atoms with E-state index in [1.165, 1.54) is 87.6 Å². The second-order valence-corrected chi connectivity index (χ2v) is 12.0. The van der Waals surface area contributed by atoms with E-state index in [4.69, 9.17) is 0 Å². The highest BCUT2D eigenvalue weighted by atomic mass is 14.2. The predicted octanol–water partition coefficient (Wildman–Crippen LogP) is 13.0. The molecule has 0 heteroatoms. The van der Waals surface area contributed by atoms with Crippen molar-refractivity contribution in [3.63, 3.8) is 0 Å². The first-order valence-corrected chi connectivity index (χ1v) is 15.9. The lowest BCUT2D eigenvalue weighted by molar-refractivity contribution is 1.61. The highest BCUT2D eigenvalue weighted by molar-refractivity contribution is 6.26. The lowest BCUT2D eigenvalue weighted by Gasteiger charge is -2.22. The summed E-state index contributed by atoms with van der Waals surface area (Å²) >= 11 is 0. The minimum atomic E-state index is 1.22. The summed E-state index contributed by atoms with van der Waals surface area (Å²) in [5.41, 5.74) is 10.0. The van der Waals surface area contributed by atoms with Gasteiger partial charge in [0.15, 0.2) is 0 Å². The fourth-order valence-electron chi connectivity index (χ4n) is 7.40. The van der Waals surface area contributed by atoms with Crippen LogP contribution in [-0.4, -0.2) is 0 Å². The second-order valence-electron chi connectivity index (χ2n) is 12.0. The van der Waals surface area contributed by atoms with Crippen LogP contribution in [0.2, 0.25) is 0 Å². The van der Waals surface area contributed by atoms with Crippen molar-refractivity contribution in [1.82, 2.24) is 0 Å². The molecule has 46 heavy (non-hydrogen) atoms. The number of fused-ring (bicyclic) bond motifs is 4. The number of rotatable bonds is 4. The van der Waals surface area contributed by atoms with Gasteiger partial charge in [0.05, 0.1) is 0 Å². The highest BCUT2D eigenvalue weighted by Crippen LogP contribution is 2.49. The van der Waals surface area contributed by atoms with Crippen molar-refractivity contribution in [3.05, 3.63) is 182 Å². The fourth-order valence-corrected chi connectivity index (χ4v) is 7.40. The summed E-state index contributed by atoms with van der Waals surface area (Å²) in [5, 5.41) is 10.1. The third kappa shape index (κ3) is 4.23. The number of benzene rings is 9. The Labute approximate surface area is 268 Å². The molecule has 0 aliphatic carbocycles. The van der Waals surface area contributed by atoms with Gasteiger partial charge in [-0.15, -0.1) is 0 Å². The van der Waals surface area contributed by atoms with Crippen LogP contribution in [0.15, 0.2) is 182 Å². The molecule has 0 fully saturated rings. The van der Waals surface area contributed by atoms with E-state index >= 15 is 0 Å². The Kier molecular flexibility index (Phi) is 6.25. The summed E-state index contributed by atoms with van der Waals surface area (Å²) in [5.74, 6) is 0. The first-order valence-electron chi connectivity index (χ1n) is 15.9. The van der Waals surface area contributed by atoms with Gasteiger partial charge in [0.1, 0.15) is 0 Å². The van der Waals surface area contributed by atoms with Gasteiger partial charge < -0.3 is 0 Å². The third-order valence-corrected chi connectivity index (χ3v) is 9.45. The molecular formula is C46H30. The third-order valence-electron chi connectivity index (χ3n) is 9.45. The van der Waals surface area contributed by atoms with Gasteiger partial charge in [-0.05, 0) is 93.7 Å². The SMILES string of the molecule is c1ccc(-c2ccccc2-c2c3ccccc3c(-c3c(-c4ccc5ccccc5c4)ccc4ccccc34)c3ccccc23)cc1. The van der Waals surface area contributed by atoms with Crippen LogP contribution in [0.3, 0.4) is 0 Å². The monoisotopic (exact) mass is 582 g/mol. The van der Waals surface area contributed by atoms with Gasteiger partial charge in [-0.1, -0.05) is 176 Å². The zero-order chi connectivity index (χ0) is 30.5. The molecule has 9 rings (SSSR count). The quantitative estimate of drug-likeness (QED) is 0.181. The maximum Gasteiger partial charge on any atom is -0.00139 e. The Morgan fingerprint density at radius 2 is 0.717 bits per heavy atom. The van der Waals surface area contributed by atoms with Gasteiger partial charge in [0.2, 0.25) is 0 Å². The van der Waals surface area contributed by atoms with Crippen molar-refractivity contribution < 1.29 is 0 Å². The van der Waals surface area contributed by atoms with Crippen molar-refractivity contribution in [3.8, 4) is 44.5 Å². The van der Waals surface area contributed by atoms with E-state index in [-0.39, 0.29) is 0 Å². The van der Waals surface area contributed by atoms with Gasteiger partial charge in [0, 0.05) is 0 Å². The van der Waals surface area contributed by atoms with Crippen LogP contribution in [0.25, 0.3) is 87.6 Å². The Hall–Kier alpha value is -5.98. The molecule has 0 spiro atoms. The molecule has 0 aliphatic rings. The zero-order valence-electron chi connectivity index (χ0n) is 25.3. The first kappa shape index (κ1) is 26.4. The fraction of sp³-hybridized carbons (Fsp3) is 0. The maximum absolute atomic E-state index is 2.35. The molecule has 0 nitrogen and oxygen atoms in total. The summed E-state index contributed by atoms with van der Waals surface area (Å²) in [7, 11) is 0. The molecule has 0 atom stereocenters. The summed E-state index contributed by atoms with van der Waals surface area (Å²) in [6, 6.07) is 66.6. The van der Waals surface area contributed by atoms with Gasteiger partial charge in [-0.25, -0.2) is 0 Å². The molecule has 9 aromatic rings. The number of hydrogen-bond donors (Lipinski definition) is 0. The number of hydrogen-bond acceptors (Lipinski definition) is 0. The zero-order valence-corrected chi connectivity index (χ0v) is 25.3. The highest BCUT2D eigenvalue weighted by Gasteiger charge is 2.22. The Balaban J connectivity index is 1.43. The molecule has 214 valence electrons. The maximum atomic E-state index is 2.35. The topological polar surface area (TPSA) is 0 Å². The van der Waals surface area contributed by atoms with Crippen LogP contribution < -0.4 is 0 Å². The minimum absolute atomic E-state index is 1.22. The molecule has 0 saturated carbocycles. The molecule has 0 saturated heterocycles. The minimum Gasteiger partial charge on any atom is -0.0622 e. The van der Waals surface area contributed by atoms with Crippen molar-refractivity contribution >= 4 is 43.1 Å². The largest absolute Gasteiger partial charge is 0.0622 e. The average molecular weight is 583 g/mol. The van der Waals surface area contributed by atoms with Gasteiger partial charge >= 0.3 is 0 Å². The van der Waals surface area contributed by atoms with Crippen LogP contribution in [0, 0.1) is 0 Å². The summed E-state index contributed by atoms with van der Waals surface area (Å²) < 4.78 is 0. The normalized spacial score (nSPS) is 11.5. The van der Waals surface area contributed by atoms with Crippen LogP contribution >= 0.6 is 0 Å². The van der Waals surface area contributed by atoms with Gasteiger partial charge in [0.25, 0.3) is 0 Å². The van der Waals surface area contributed by atoms with Crippen molar-refractivity contribution in [2.75, 3.05) is 0 Å². The van der Waals surface area contributed by atoms with Gasteiger partial charge in [-0.2, -0.15) is 0 Å². The molecule has 9 aromatic carbocycles. The van der Waals surface area contributed by atoms with Crippen molar-refractivity contribution in [2.24, 2.45) is 0 Å². The summed E-state index contributed by atoms with van der Waals surface area (Å²) in [6.45, 7) is 0. The van der Waals surface area contributed by atoms with Crippen LogP contribution in [-0.2, 0) is 0 Å². The molecular weight excluding hydrogens is 553 g/mol. The van der Waals surface area contributed by atoms with Crippen LogP contribution in [0.1, 0.15) is 0 Å². The Morgan fingerprint density at radius 3 is 1.41 bits per heavy atom. The predicted molar refractivity (Wildman–Crippen MR) is 198 cm³/mol. The van der Waals surface area contributed by atoms with E-state index in [1.54, 1.807) is 0 Å². The molecule has 0 radical (unpaired) electrons. The average Bonchev–Trinajstić information content (AvgIpc) is 3.13. The van der Waals surface area contributed by atoms with E-state index in [0.29, 0.717) is 0 Å². The van der Waals surface area contributed by atoms with Crippen molar-refractivity contribution in [1.29, 1.82) is 0 Å². The lowest BCUT2D eigenvalue weighted by atomic mass is 9.81. The standard InChI is InChI=1S/C46H30/c1-2-15-32(16-3-1)36-19-8-9-21-39(36)44-40-22-10-12-24-42(40)46(43-25-13-11-23-41(43)44)45-37-20-7-6-17-33(37)28-29-38(45)35-27-26-31-14-4-5-18-34(31)30-35/h1-30H. The smallest absolute Gasteiger partial charge is 0.00139 e. The molecule has 0 bridgehead atoms. The molecule has 0 heterocycles. The molecule has 0 aliphatic heterocycles. The van der Waals surface area contributed by atoms with Crippen LogP contribution in [0.4, 0.5) is 0 Å². The second kappa shape index (κ2) is 10.9. The van der Waals surface area contributed by atoms with E-state index < -0.39 is 0 Å². The van der Waals surface area contributed by atoms with E-state index in [9.17, 15) is 0 Å². The van der Waals surface area contributed by atoms with Crippen molar-refractivity contribution in [2.45, 2.75) is 0 Å². The Morgan fingerprint density at radius 1 is 0.217 bits per heavy atom. The van der Waals surface area contributed by atoms with E-state index in [1.807, 2.05) is 0 Å². The summed E-state index contributed by atoms with van der Waals surface area (Å²) in [6.07, 6.45) is 0. The summed E-state index contributed by atoms with van der Waals surface area (Å²) in [4.78, 5) is 0.